The Morgan fingerprint density at radius 1 is 1.39 bits per heavy atom. The van der Waals surface area contributed by atoms with Gasteiger partial charge in [-0.25, -0.2) is 9.07 Å². The lowest BCUT2D eigenvalue weighted by Crippen LogP contribution is -2.54. The molecule has 0 fully saturated rings. The van der Waals surface area contributed by atoms with Crippen molar-refractivity contribution in [1.82, 2.24) is 20.4 Å². The minimum atomic E-state index is -0.862. The number of aromatic nitrogens is 2. The van der Waals surface area contributed by atoms with Crippen molar-refractivity contribution in [2.45, 2.75) is 39.8 Å². The van der Waals surface area contributed by atoms with Crippen molar-refractivity contribution in [3.8, 4) is 5.69 Å². The molecule has 0 radical (unpaired) electrons. The molecule has 0 spiro atoms. The number of aliphatic hydroxyl groups is 1. The van der Waals surface area contributed by atoms with Gasteiger partial charge in [-0.15, -0.1) is 0 Å². The Morgan fingerprint density at radius 3 is 2.77 bits per heavy atom. The van der Waals surface area contributed by atoms with Crippen molar-refractivity contribution in [2.75, 3.05) is 19.8 Å². The van der Waals surface area contributed by atoms with Gasteiger partial charge in [-0.3, -0.25) is 9.59 Å². The molecule has 3 rings (SSSR count). The van der Waals surface area contributed by atoms with E-state index < -0.39 is 29.1 Å². The van der Waals surface area contributed by atoms with Crippen LogP contribution in [0.5, 0.6) is 0 Å². The van der Waals surface area contributed by atoms with E-state index in [-0.39, 0.29) is 36.2 Å². The van der Waals surface area contributed by atoms with Gasteiger partial charge in [-0.1, -0.05) is 32.4 Å². The lowest BCUT2D eigenvalue weighted by atomic mass is 9.86. The van der Waals surface area contributed by atoms with Crippen molar-refractivity contribution < 1.29 is 23.8 Å². The van der Waals surface area contributed by atoms with Crippen LogP contribution in [-0.2, 0) is 22.6 Å². The van der Waals surface area contributed by atoms with Crippen molar-refractivity contribution >= 4 is 23.4 Å². The molecule has 168 valence electrons. The number of benzene rings is 1. The van der Waals surface area contributed by atoms with Crippen LogP contribution in [0.25, 0.3) is 5.69 Å². The quantitative estimate of drug-likeness (QED) is 0.621. The second kappa shape index (κ2) is 9.33. The molecule has 0 saturated carbocycles. The standard InChI is InChI=1S/C21H26ClFN4O4/c1-21(2,3)18(20(30)24-7-8-28)25-19(29)17-13-6-9-31-11-16(13)27(26-17)15-5-4-12(22)10-14(15)23/h4-5,10,18,28H,6-9,11H2,1-3H3,(H,24,30)(H,25,29)/t18-/m1/s1. The topological polar surface area (TPSA) is 105 Å². The van der Waals surface area contributed by atoms with E-state index in [1.54, 1.807) is 6.07 Å². The van der Waals surface area contributed by atoms with Gasteiger partial charge in [0.1, 0.15) is 17.5 Å². The predicted molar refractivity (Wildman–Crippen MR) is 113 cm³/mol. The molecule has 31 heavy (non-hydrogen) atoms. The highest BCUT2D eigenvalue weighted by Crippen LogP contribution is 2.27. The second-order valence-corrected chi connectivity index (χ2v) is 8.81. The molecular weight excluding hydrogens is 427 g/mol. The van der Waals surface area contributed by atoms with Gasteiger partial charge < -0.3 is 20.5 Å². The molecule has 2 aromatic rings. The molecule has 0 unspecified atom stereocenters. The fourth-order valence-corrected chi connectivity index (χ4v) is 3.59. The largest absolute Gasteiger partial charge is 0.395 e. The molecule has 1 aromatic carbocycles. The molecule has 2 heterocycles. The third kappa shape index (κ3) is 5.06. The molecule has 1 aromatic heterocycles. The van der Waals surface area contributed by atoms with E-state index in [4.69, 9.17) is 21.4 Å². The molecule has 3 N–H and O–H groups in total. The van der Waals surface area contributed by atoms with Crippen LogP contribution in [0, 0.1) is 11.2 Å². The molecule has 1 aliphatic heterocycles. The summed E-state index contributed by atoms with van der Waals surface area (Å²) in [5.74, 6) is -1.52. The van der Waals surface area contributed by atoms with Crippen LogP contribution in [0.4, 0.5) is 4.39 Å². The van der Waals surface area contributed by atoms with Crippen molar-refractivity contribution in [3.05, 3.63) is 46.0 Å². The summed E-state index contributed by atoms with van der Waals surface area (Å²) in [4.78, 5) is 25.7. The Bertz CT molecular complexity index is 986. The SMILES string of the molecule is CC(C)(C)[C@H](NC(=O)c1nn(-c2ccc(Cl)cc2F)c2c1CCOC2)C(=O)NCCO. The Kier molecular flexibility index (Phi) is 6.98. The average Bonchev–Trinajstić information content (AvgIpc) is 3.09. The summed E-state index contributed by atoms with van der Waals surface area (Å²) >= 11 is 5.86. The van der Waals surface area contributed by atoms with Crippen LogP contribution in [0.1, 0.15) is 42.5 Å². The highest BCUT2D eigenvalue weighted by molar-refractivity contribution is 6.30. The number of carbonyl (C=O) groups is 2. The molecular formula is C21H26ClFN4O4. The van der Waals surface area contributed by atoms with E-state index in [9.17, 15) is 14.0 Å². The van der Waals surface area contributed by atoms with E-state index in [1.807, 2.05) is 20.8 Å². The number of aliphatic hydroxyl groups excluding tert-OH is 1. The fourth-order valence-electron chi connectivity index (χ4n) is 3.43. The number of nitrogens with zero attached hydrogens (tertiary/aromatic N) is 2. The summed E-state index contributed by atoms with van der Waals surface area (Å²) in [6, 6.07) is 3.34. The summed E-state index contributed by atoms with van der Waals surface area (Å²) in [7, 11) is 0. The Balaban J connectivity index is 1.97. The zero-order valence-electron chi connectivity index (χ0n) is 17.7. The van der Waals surface area contributed by atoms with Gasteiger partial charge in [0.25, 0.3) is 5.91 Å². The minimum Gasteiger partial charge on any atom is -0.395 e. The van der Waals surface area contributed by atoms with E-state index in [2.05, 4.69) is 15.7 Å². The monoisotopic (exact) mass is 452 g/mol. The first-order valence-electron chi connectivity index (χ1n) is 9.97. The van der Waals surface area contributed by atoms with Crippen molar-refractivity contribution in [3.63, 3.8) is 0 Å². The zero-order valence-corrected chi connectivity index (χ0v) is 18.4. The Hall–Kier alpha value is -2.49. The number of ether oxygens (including phenoxy) is 1. The summed E-state index contributed by atoms with van der Waals surface area (Å²) in [6.07, 6.45) is 0.435. The van der Waals surface area contributed by atoms with Gasteiger partial charge in [-0.05, 0) is 23.6 Å². The van der Waals surface area contributed by atoms with Gasteiger partial charge in [0.15, 0.2) is 5.69 Å². The number of hydrogen-bond donors (Lipinski definition) is 3. The molecule has 8 nitrogen and oxygen atoms in total. The Labute approximate surface area is 184 Å². The normalized spacial score (nSPS) is 14.6. The van der Waals surface area contributed by atoms with E-state index in [1.165, 1.54) is 16.8 Å². The van der Waals surface area contributed by atoms with Crippen LogP contribution in [-0.4, -0.2) is 52.5 Å². The maximum absolute atomic E-state index is 14.5. The number of fused-ring (bicyclic) bond motifs is 1. The van der Waals surface area contributed by atoms with Crippen LogP contribution in [0.15, 0.2) is 18.2 Å². The highest BCUT2D eigenvalue weighted by Gasteiger charge is 2.35. The van der Waals surface area contributed by atoms with Gasteiger partial charge in [0, 0.05) is 23.6 Å². The van der Waals surface area contributed by atoms with Gasteiger partial charge in [-0.2, -0.15) is 5.10 Å². The lowest BCUT2D eigenvalue weighted by Gasteiger charge is -2.30. The first-order chi connectivity index (χ1) is 14.6. The number of nitrogens with one attached hydrogen (secondary N) is 2. The molecule has 0 saturated heterocycles. The third-order valence-corrected chi connectivity index (χ3v) is 5.23. The van der Waals surface area contributed by atoms with Gasteiger partial charge in [0.05, 0.1) is 25.5 Å². The molecule has 1 aliphatic rings. The average molecular weight is 453 g/mol. The predicted octanol–water partition coefficient (Wildman–Crippen LogP) is 1.99. The van der Waals surface area contributed by atoms with Crippen LogP contribution < -0.4 is 10.6 Å². The van der Waals surface area contributed by atoms with Gasteiger partial charge in [0.2, 0.25) is 5.91 Å². The maximum atomic E-state index is 14.5. The summed E-state index contributed by atoms with van der Waals surface area (Å²) in [6.45, 7) is 5.92. The Morgan fingerprint density at radius 2 is 2.13 bits per heavy atom. The number of rotatable bonds is 6. The first kappa shape index (κ1) is 23.2. The highest BCUT2D eigenvalue weighted by atomic mass is 35.5. The number of amides is 2. The molecule has 0 aliphatic carbocycles. The van der Waals surface area contributed by atoms with E-state index in [0.717, 1.165) is 0 Å². The van der Waals surface area contributed by atoms with Crippen LogP contribution in [0.2, 0.25) is 5.02 Å². The summed E-state index contributed by atoms with van der Waals surface area (Å²) < 4.78 is 21.4. The molecule has 2 amide bonds. The van der Waals surface area contributed by atoms with Crippen molar-refractivity contribution in [1.29, 1.82) is 0 Å². The van der Waals surface area contributed by atoms with Crippen molar-refractivity contribution in [2.24, 2.45) is 5.41 Å². The number of halogens is 2. The fraction of sp³-hybridized carbons (Fsp3) is 0.476. The third-order valence-electron chi connectivity index (χ3n) is 4.99. The second-order valence-electron chi connectivity index (χ2n) is 8.37. The molecule has 1 atom stereocenters. The van der Waals surface area contributed by atoms with Gasteiger partial charge >= 0.3 is 0 Å². The summed E-state index contributed by atoms with van der Waals surface area (Å²) in [5.41, 5.74) is 0.912. The van der Waals surface area contributed by atoms with Crippen LogP contribution in [0.3, 0.4) is 0 Å². The smallest absolute Gasteiger partial charge is 0.272 e. The molecule has 0 bridgehead atoms. The number of carbonyl (C=O) groups excluding carboxylic acids is 2. The molecule has 10 heteroatoms. The maximum Gasteiger partial charge on any atom is 0.272 e. The minimum absolute atomic E-state index is 0.0818. The zero-order chi connectivity index (χ0) is 22.8. The lowest BCUT2D eigenvalue weighted by molar-refractivity contribution is -0.125. The number of hydrogen-bond acceptors (Lipinski definition) is 5. The first-order valence-corrected chi connectivity index (χ1v) is 10.3. The summed E-state index contributed by atoms with van der Waals surface area (Å²) in [5, 5.41) is 19.0. The van der Waals surface area contributed by atoms with E-state index in [0.29, 0.717) is 24.3 Å². The van der Waals surface area contributed by atoms with E-state index >= 15 is 0 Å². The van der Waals surface area contributed by atoms with Crippen LogP contribution >= 0.6 is 11.6 Å².